The number of para-hydroxylation sites is 2. The standard InChI is InChI=1S/C22H20N4O3/c1-15-9-10-26-14-17(24-20(26)11-15)12-21(27)25-16-7-8-22(23-13-16)29-19-6-4-3-5-18(19)28-2/h3-11,13-14H,12H2,1-2H3,(H,25,27). The summed E-state index contributed by atoms with van der Waals surface area (Å²) in [6, 6.07) is 14.7. The summed E-state index contributed by atoms with van der Waals surface area (Å²) in [5.41, 5.74) is 3.24. The van der Waals surface area contributed by atoms with Gasteiger partial charge in [0.25, 0.3) is 0 Å². The number of nitrogens with zero attached hydrogens (tertiary/aromatic N) is 3. The maximum atomic E-state index is 12.3. The topological polar surface area (TPSA) is 77.8 Å². The molecule has 0 bridgehead atoms. The molecular formula is C22H20N4O3. The molecule has 4 rings (SSSR count). The van der Waals surface area contributed by atoms with Crippen LogP contribution in [0.5, 0.6) is 17.4 Å². The highest BCUT2D eigenvalue weighted by Crippen LogP contribution is 2.30. The van der Waals surface area contributed by atoms with E-state index in [4.69, 9.17) is 9.47 Å². The lowest BCUT2D eigenvalue weighted by Gasteiger charge is -2.09. The van der Waals surface area contributed by atoms with Gasteiger partial charge in [0, 0.05) is 18.5 Å². The fraction of sp³-hybridized carbons (Fsp3) is 0.136. The predicted octanol–water partition coefficient (Wildman–Crippen LogP) is 4.02. The number of aromatic nitrogens is 3. The number of benzene rings is 1. The lowest BCUT2D eigenvalue weighted by Crippen LogP contribution is -2.14. The molecule has 0 fully saturated rings. The number of imidazole rings is 1. The van der Waals surface area contributed by atoms with Crippen LogP contribution < -0.4 is 14.8 Å². The number of anilines is 1. The molecule has 0 aliphatic carbocycles. The third-order valence-electron chi connectivity index (χ3n) is 4.31. The second-order valence-corrected chi connectivity index (χ2v) is 6.56. The molecule has 0 atom stereocenters. The summed E-state index contributed by atoms with van der Waals surface area (Å²) in [6.07, 6.45) is 5.52. The average Bonchev–Trinajstić information content (AvgIpc) is 3.11. The Morgan fingerprint density at radius 1 is 1.14 bits per heavy atom. The second-order valence-electron chi connectivity index (χ2n) is 6.56. The number of nitrogens with one attached hydrogen (secondary N) is 1. The maximum absolute atomic E-state index is 12.3. The van der Waals surface area contributed by atoms with Crippen LogP contribution in [0, 0.1) is 6.92 Å². The third kappa shape index (κ3) is 4.35. The zero-order chi connectivity index (χ0) is 20.2. The molecule has 0 aliphatic heterocycles. The largest absolute Gasteiger partial charge is 0.493 e. The van der Waals surface area contributed by atoms with Gasteiger partial charge in [-0.1, -0.05) is 12.1 Å². The highest BCUT2D eigenvalue weighted by Gasteiger charge is 2.10. The smallest absolute Gasteiger partial charge is 0.230 e. The summed E-state index contributed by atoms with van der Waals surface area (Å²) in [6.45, 7) is 2.01. The van der Waals surface area contributed by atoms with Crippen molar-refractivity contribution < 1.29 is 14.3 Å². The van der Waals surface area contributed by atoms with Crippen molar-refractivity contribution in [2.75, 3.05) is 12.4 Å². The molecule has 7 nitrogen and oxygen atoms in total. The van der Waals surface area contributed by atoms with Gasteiger partial charge in [0.05, 0.1) is 31.1 Å². The first-order valence-electron chi connectivity index (χ1n) is 9.12. The minimum Gasteiger partial charge on any atom is -0.493 e. The molecular weight excluding hydrogens is 368 g/mol. The first-order chi connectivity index (χ1) is 14.1. The number of pyridine rings is 2. The molecule has 29 heavy (non-hydrogen) atoms. The molecule has 146 valence electrons. The lowest BCUT2D eigenvalue weighted by atomic mass is 10.3. The van der Waals surface area contributed by atoms with E-state index in [1.165, 1.54) is 0 Å². The quantitative estimate of drug-likeness (QED) is 0.540. The summed E-state index contributed by atoms with van der Waals surface area (Å²) in [7, 11) is 1.58. The van der Waals surface area contributed by atoms with E-state index in [1.807, 2.05) is 54.0 Å². The Labute approximate surface area is 168 Å². The monoisotopic (exact) mass is 388 g/mol. The van der Waals surface area contributed by atoms with E-state index in [2.05, 4.69) is 15.3 Å². The van der Waals surface area contributed by atoms with Crippen molar-refractivity contribution in [1.29, 1.82) is 0 Å². The Bertz CT molecular complexity index is 1150. The number of aryl methyl sites for hydroxylation is 1. The van der Waals surface area contributed by atoms with Crippen LogP contribution in [0.1, 0.15) is 11.3 Å². The molecule has 0 unspecified atom stereocenters. The highest BCUT2D eigenvalue weighted by atomic mass is 16.5. The normalized spacial score (nSPS) is 10.7. The molecule has 0 saturated heterocycles. The Hall–Kier alpha value is -3.87. The number of hydrogen-bond donors (Lipinski definition) is 1. The average molecular weight is 388 g/mol. The van der Waals surface area contributed by atoms with Crippen molar-refractivity contribution in [3.63, 3.8) is 0 Å². The van der Waals surface area contributed by atoms with Gasteiger partial charge in [0.1, 0.15) is 5.65 Å². The van der Waals surface area contributed by atoms with Crippen LogP contribution in [-0.4, -0.2) is 27.4 Å². The highest BCUT2D eigenvalue weighted by molar-refractivity contribution is 5.91. The van der Waals surface area contributed by atoms with Gasteiger partial charge in [0.2, 0.25) is 11.8 Å². The molecule has 3 aromatic heterocycles. The first kappa shape index (κ1) is 18.5. The van der Waals surface area contributed by atoms with E-state index in [0.29, 0.717) is 28.8 Å². The lowest BCUT2D eigenvalue weighted by molar-refractivity contribution is -0.115. The van der Waals surface area contributed by atoms with E-state index >= 15 is 0 Å². The van der Waals surface area contributed by atoms with Crippen molar-refractivity contribution in [2.45, 2.75) is 13.3 Å². The van der Waals surface area contributed by atoms with Crippen molar-refractivity contribution in [3.05, 3.63) is 78.4 Å². The van der Waals surface area contributed by atoms with E-state index < -0.39 is 0 Å². The van der Waals surface area contributed by atoms with E-state index in [0.717, 1.165) is 11.2 Å². The zero-order valence-electron chi connectivity index (χ0n) is 16.1. The van der Waals surface area contributed by atoms with Crippen LogP contribution >= 0.6 is 0 Å². The minimum atomic E-state index is -0.162. The SMILES string of the molecule is COc1ccccc1Oc1ccc(NC(=O)Cc2cn3ccc(C)cc3n2)cn1. The van der Waals surface area contributed by atoms with E-state index in [-0.39, 0.29) is 12.3 Å². The van der Waals surface area contributed by atoms with Crippen LogP contribution in [0.2, 0.25) is 0 Å². The molecule has 4 aromatic rings. The molecule has 0 radical (unpaired) electrons. The van der Waals surface area contributed by atoms with Crippen LogP contribution in [0.25, 0.3) is 5.65 Å². The Morgan fingerprint density at radius 3 is 2.72 bits per heavy atom. The molecule has 0 aliphatic rings. The second kappa shape index (κ2) is 8.02. The third-order valence-corrected chi connectivity index (χ3v) is 4.31. The number of carbonyl (C=O) groups excluding carboxylic acids is 1. The van der Waals surface area contributed by atoms with Crippen molar-refractivity contribution >= 4 is 17.2 Å². The van der Waals surface area contributed by atoms with Crippen molar-refractivity contribution in [1.82, 2.24) is 14.4 Å². The van der Waals surface area contributed by atoms with Gasteiger partial charge in [-0.05, 0) is 42.8 Å². The van der Waals surface area contributed by atoms with Gasteiger partial charge < -0.3 is 19.2 Å². The van der Waals surface area contributed by atoms with Crippen LogP contribution in [0.3, 0.4) is 0 Å². The predicted molar refractivity (Wildman–Crippen MR) is 110 cm³/mol. The van der Waals surface area contributed by atoms with Gasteiger partial charge in [-0.2, -0.15) is 0 Å². The fourth-order valence-corrected chi connectivity index (χ4v) is 2.92. The Balaban J connectivity index is 1.39. The van der Waals surface area contributed by atoms with Crippen molar-refractivity contribution in [3.8, 4) is 17.4 Å². The molecule has 1 N–H and O–H groups in total. The number of ether oxygens (including phenoxy) is 2. The number of carbonyl (C=O) groups is 1. The number of hydrogen-bond acceptors (Lipinski definition) is 5. The number of rotatable bonds is 6. The minimum absolute atomic E-state index is 0.162. The molecule has 7 heteroatoms. The zero-order valence-corrected chi connectivity index (χ0v) is 16.1. The molecule has 1 amide bonds. The molecule has 1 aromatic carbocycles. The Kier molecular flexibility index (Phi) is 5.11. The summed E-state index contributed by atoms with van der Waals surface area (Å²) in [5, 5.41) is 2.83. The van der Waals surface area contributed by atoms with Gasteiger partial charge in [-0.15, -0.1) is 0 Å². The molecule has 0 spiro atoms. The maximum Gasteiger partial charge on any atom is 0.230 e. The van der Waals surface area contributed by atoms with Gasteiger partial charge in [-0.25, -0.2) is 9.97 Å². The summed E-state index contributed by atoms with van der Waals surface area (Å²) in [5.74, 6) is 1.43. The van der Waals surface area contributed by atoms with Crippen LogP contribution in [-0.2, 0) is 11.2 Å². The molecule has 3 heterocycles. The number of amides is 1. The molecule has 0 saturated carbocycles. The summed E-state index contributed by atoms with van der Waals surface area (Å²) < 4.78 is 12.9. The van der Waals surface area contributed by atoms with Crippen LogP contribution in [0.15, 0.2) is 67.1 Å². The van der Waals surface area contributed by atoms with Crippen molar-refractivity contribution in [2.24, 2.45) is 0 Å². The van der Waals surface area contributed by atoms with Crippen LogP contribution in [0.4, 0.5) is 5.69 Å². The first-order valence-corrected chi connectivity index (χ1v) is 9.12. The summed E-state index contributed by atoms with van der Waals surface area (Å²) in [4.78, 5) is 21.1. The number of methoxy groups -OCH3 is 1. The van der Waals surface area contributed by atoms with Gasteiger partial charge in [-0.3, -0.25) is 4.79 Å². The summed E-state index contributed by atoms with van der Waals surface area (Å²) >= 11 is 0. The van der Waals surface area contributed by atoms with Gasteiger partial charge in [0.15, 0.2) is 11.5 Å². The fourth-order valence-electron chi connectivity index (χ4n) is 2.92. The van der Waals surface area contributed by atoms with Gasteiger partial charge >= 0.3 is 0 Å². The van der Waals surface area contributed by atoms with E-state index in [1.54, 1.807) is 31.5 Å². The number of fused-ring (bicyclic) bond motifs is 1. The Morgan fingerprint density at radius 2 is 1.97 bits per heavy atom. The van der Waals surface area contributed by atoms with E-state index in [9.17, 15) is 4.79 Å².